The molecule has 1 saturated heterocycles. The van der Waals surface area contributed by atoms with Gasteiger partial charge in [-0.25, -0.2) is 9.97 Å². The lowest BCUT2D eigenvalue weighted by molar-refractivity contribution is -0.141. The second kappa shape index (κ2) is 9.69. The van der Waals surface area contributed by atoms with Gasteiger partial charge in [-0.3, -0.25) is 4.99 Å². The van der Waals surface area contributed by atoms with Crippen molar-refractivity contribution in [2.75, 3.05) is 36.5 Å². The number of thioether (sulfide) groups is 1. The van der Waals surface area contributed by atoms with Crippen molar-refractivity contribution in [1.82, 2.24) is 20.6 Å². The molecule has 0 radical (unpaired) electrons. The van der Waals surface area contributed by atoms with Crippen molar-refractivity contribution in [2.24, 2.45) is 4.99 Å². The minimum absolute atomic E-state index is 0.0494. The zero-order chi connectivity index (χ0) is 18.1. The summed E-state index contributed by atoms with van der Waals surface area (Å²) in [4.78, 5) is 11.7. The SMILES string of the molecule is CCNC(=NCCNc1nccc(C(F)(F)F)n1)NC1CCCSC1. The van der Waals surface area contributed by atoms with E-state index in [1.807, 2.05) is 18.7 Å². The lowest BCUT2D eigenvalue weighted by Gasteiger charge is -2.24. The molecule has 1 fully saturated rings. The van der Waals surface area contributed by atoms with Crippen LogP contribution in [0.15, 0.2) is 17.3 Å². The van der Waals surface area contributed by atoms with Crippen LogP contribution in [0.25, 0.3) is 0 Å². The number of hydrogen-bond donors (Lipinski definition) is 3. The molecule has 1 unspecified atom stereocenters. The van der Waals surface area contributed by atoms with Crippen LogP contribution in [0.5, 0.6) is 0 Å². The molecule has 0 spiro atoms. The molecule has 0 saturated carbocycles. The van der Waals surface area contributed by atoms with E-state index in [1.54, 1.807) is 0 Å². The average Bonchev–Trinajstić information content (AvgIpc) is 2.59. The highest BCUT2D eigenvalue weighted by Gasteiger charge is 2.32. The van der Waals surface area contributed by atoms with Gasteiger partial charge in [0.1, 0.15) is 5.69 Å². The first-order valence-corrected chi connectivity index (χ1v) is 9.41. The Morgan fingerprint density at radius 3 is 2.96 bits per heavy atom. The Labute approximate surface area is 149 Å². The van der Waals surface area contributed by atoms with E-state index in [4.69, 9.17) is 0 Å². The Kier molecular flexibility index (Phi) is 7.60. The van der Waals surface area contributed by atoms with Gasteiger partial charge in [0.2, 0.25) is 5.95 Å². The standard InChI is InChI=1S/C15H23F3N6S/c1-2-19-13(23-11-4-3-9-25-10-11)21-7-8-22-14-20-6-5-12(24-14)15(16,17)18/h5-6,11H,2-4,7-10H2,1H3,(H2,19,21,23)(H,20,22,24). The third kappa shape index (κ3) is 6.97. The van der Waals surface area contributed by atoms with Gasteiger partial charge in [-0.1, -0.05) is 0 Å². The maximum absolute atomic E-state index is 12.6. The fraction of sp³-hybridized carbons (Fsp3) is 0.667. The predicted molar refractivity (Wildman–Crippen MR) is 95.0 cm³/mol. The van der Waals surface area contributed by atoms with Crippen molar-refractivity contribution in [1.29, 1.82) is 0 Å². The quantitative estimate of drug-likeness (QED) is 0.402. The average molecular weight is 376 g/mol. The molecule has 1 atom stereocenters. The van der Waals surface area contributed by atoms with E-state index in [2.05, 4.69) is 30.9 Å². The summed E-state index contributed by atoms with van der Waals surface area (Å²) >= 11 is 1.93. The Balaban J connectivity index is 1.83. The maximum atomic E-state index is 12.6. The van der Waals surface area contributed by atoms with Crippen LogP contribution in [-0.2, 0) is 6.18 Å². The molecule has 3 N–H and O–H groups in total. The predicted octanol–water partition coefficient (Wildman–Crippen LogP) is 2.36. The molecule has 2 rings (SSSR count). The highest BCUT2D eigenvalue weighted by molar-refractivity contribution is 7.99. The second-order valence-electron chi connectivity index (χ2n) is 5.51. The van der Waals surface area contributed by atoms with Crippen LogP contribution in [0.4, 0.5) is 19.1 Å². The number of nitrogens with zero attached hydrogens (tertiary/aromatic N) is 3. The van der Waals surface area contributed by atoms with Gasteiger partial charge in [-0.15, -0.1) is 0 Å². The summed E-state index contributed by atoms with van der Waals surface area (Å²) < 4.78 is 37.8. The summed E-state index contributed by atoms with van der Waals surface area (Å²) in [6.07, 6.45) is -1.07. The Bertz CT molecular complexity index is 560. The molecule has 140 valence electrons. The summed E-state index contributed by atoms with van der Waals surface area (Å²) in [5.41, 5.74) is -0.960. The van der Waals surface area contributed by atoms with Crippen LogP contribution < -0.4 is 16.0 Å². The van der Waals surface area contributed by atoms with Crippen molar-refractivity contribution >= 4 is 23.7 Å². The first-order valence-electron chi connectivity index (χ1n) is 8.25. The molecule has 0 amide bonds. The summed E-state index contributed by atoms with van der Waals surface area (Å²) in [5, 5.41) is 9.34. The number of anilines is 1. The minimum atomic E-state index is -4.47. The van der Waals surface area contributed by atoms with Crippen LogP contribution in [0, 0.1) is 0 Å². The molecule has 1 aromatic rings. The lowest BCUT2D eigenvalue weighted by atomic mass is 10.2. The van der Waals surface area contributed by atoms with Gasteiger partial charge in [-0.05, 0) is 31.6 Å². The summed E-state index contributed by atoms with van der Waals surface area (Å²) in [6, 6.07) is 1.25. The van der Waals surface area contributed by atoms with E-state index < -0.39 is 11.9 Å². The molecule has 10 heteroatoms. The topological polar surface area (TPSA) is 74.2 Å². The van der Waals surface area contributed by atoms with Crippen molar-refractivity contribution < 1.29 is 13.2 Å². The number of aromatic nitrogens is 2. The van der Waals surface area contributed by atoms with Gasteiger partial charge in [0.15, 0.2) is 5.96 Å². The number of nitrogens with one attached hydrogen (secondary N) is 3. The van der Waals surface area contributed by atoms with Crippen LogP contribution in [0.2, 0.25) is 0 Å². The Morgan fingerprint density at radius 2 is 2.28 bits per heavy atom. The molecule has 1 aromatic heterocycles. The summed E-state index contributed by atoms with van der Waals surface area (Å²) in [6.45, 7) is 3.48. The van der Waals surface area contributed by atoms with Crippen molar-refractivity contribution in [2.45, 2.75) is 32.0 Å². The highest BCUT2D eigenvalue weighted by atomic mass is 32.2. The Morgan fingerprint density at radius 1 is 1.44 bits per heavy atom. The lowest BCUT2D eigenvalue weighted by Crippen LogP contribution is -2.45. The van der Waals surface area contributed by atoms with Crippen molar-refractivity contribution in [3.05, 3.63) is 18.0 Å². The molecule has 1 aliphatic rings. The van der Waals surface area contributed by atoms with Crippen LogP contribution in [-0.4, -0.2) is 53.1 Å². The van der Waals surface area contributed by atoms with Gasteiger partial charge in [-0.2, -0.15) is 24.9 Å². The number of rotatable bonds is 6. The summed E-state index contributed by atoms with van der Waals surface area (Å²) in [5.74, 6) is 2.93. The van der Waals surface area contributed by atoms with Gasteiger partial charge in [0.05, 0.1) is 6.54 Å². The second-order valence-corrected chi connectivity index (χ2v) is 6.66. The minimum Gasteiger partial charge on any atom is -0.357 e. The maximum Gasteiger partial charge on any atom is 0.433 e. The fourth-order valence-corrected chi connectivity index (χ4v) is 3.38. The van der Waals surface area contributed by atoms with E-state index in [-0.39, 0.29) is 5.95 Å². The number of halogens is 3. The van der Waals surface area contributed by atoms with Gasteiger partial charge >= 0.3 is 6.18 Å². The monoisotopic (exact) mass is 376 g/mol. The van der Waals surface area contributed by atoms with E-state index in [9.17, 15) is 13.2 Å². The van der Waals surface area contributed by atoms with E-state index in [0.29, 0.717) is 19.1 Å². The molecular weight excluding hydrogens is 353 g/mol. The largest absolute Gasteiger partial charge is 0.433 e. The normalized spacial score (nSPS) is 18.7. The van der Waals surface area contributed by atoms with Crippen LogP contribution in [0.1, 0.15) is 25.5 Å². The van der Waals surface area contributed by atoms with Crippen molar-refractivity contribution in [3.8, 4) is 0 Å². The molecule has 6 nitrogen and oxygen atoms in total. The Hall–Kier alpha value is -1.71. The summed E-state index contributed by atoms with van der Waals surface area (Å²) in [7, 11) is 0. The zero-order valence-corrected chi connectivity index (χ0v) is 14.9. The number of hydrogen-bond acceptors (Lipinski definition) is 5. The van der Waals surface area contributed by atoms with E-state index in [0.717, 1.165) is 36.9 Å². The molecule has 25 heavy (non-hydrogen) atoms. The van der Waals surface area contributed by atoms with E-state index >= 15 is 0 Å². The van der Waals surface area contributed by atoms with Gasteiger partial charge in [0.25, 0.3) is 0 Å². The van der Waals surface area contributed by atoms with Crippen LogP contribution in [0.3, 0.4) is 0 Å². The third-order valence-corrected chi connectivity index (χ3v) is 4.67. The number of alkyl halides is 3. The molecular formula is C15H23F3N6S. The van der Waals surface area contributed by atoms with Gasteiger partial charge in [0, 0.05) is 31.1 Å². The highest BCUT2D eigenvalue weighted by Crippen LogP contribution is 2.27. The number of guanidine groups is 1. The number of aliphatic imine (C=N–C) groups is 1. The zero-order valence-electron chi connectivity index (χ0n) is 14.1. The first kappa shape index (κ1) is 19.6. The molecule has 1 aliphatic heterocycles. The smallest absolute Gasteiger partial charge is 0.357 e. The molecule has 2 heterocycles. The van der Waals surface area contributed by atoms with E-state index in [1.165, 1.54) is 12.2 Å². The van der Waals surface area contributed by atoms with Crippen LogP contribution >= 0.6 is 11.8 Å². The molecule has 0 aromatic carbocycles. The first-order chi connectivity index (χ1) is 12.0. The molecule has 0 bridgehead atoms. The molecule has 0 aliphatic carbocycles. The van der Waals surface area contributed by atoms with Gasteiger partial charge < -0.3 is 16.0 Å². The fourth-order valence-electron chi connectivity index (χ4n) is 2.31. The third-order valence-electron chi connectivity index (χ3n) is 3.46. The van der Waals surface area contributed by atoms with Crippen molar-refractivity contribution in [3.63, 3.8) is 0 Å².